The molecule has 0 aliphatic heterocycles. The molecule has 3 N–H and O–H groups in total. The highest BCUT2D eigenvalue weighted by molar-refractivity contribution is 5.73. The SMILES string of the molecule is Cc1cc(-c2noc(-c3ccc(NC(C)C)c(N)c3)n2)c(C)o1. The van der Waals surface area contributed by atoms with Crippen molar-refractivity contribution in [3.8, 4) is 22.8 Å². The molecule has 23 heavy (non-hydrogen) atoms. The first-order valence-electron chi connectivity index (χ1n) is 7.51. The smallest absolute Gasteiger partial charge is 0.258 e. The van der Waals surface area contributed by atoms with Crippen LogP contribution < -0.4 is 11.1 Å². The highest BCUT2D eigenvalue weighted by Gasteiger charge is 2.16. The van der Waals surface area contributed by atoms with E-state index in [1.165, 1.54) is 0 Å². The van der Waals surface area contributed by atoms with Crippen LogP contribution in [0.25, 0.3) is 22.8 Å². The minimum Gasteiger partial charge on any atom is -0.466 e. The van der Waals surface area contributed by atoms with Gasteiger partial charge in [0, 0.05) is 11.6 Å². The molecule has 6 heteroatoms. The quantitative estimate of drug-likeness (QED) is 0.707. The third-order valence-electron chi connectivity index (χ3n) is 3.45. The van der Waals surface area contributed by atoms with Gasteiger partial charge in [-0.25, -0.2) is 0 Å². The molecule has 0 amide bonds. The van der Waals surface area contributed by atoms with E-state index in [9.17, 15) is 0 Å². The number of nitrogens with one attached hydrogen (secondary N) is 1. The van der Waals surface area contributed by atoms with Gasteiger partial charge in [0.1, 0.15) is 11.5 Å². The molecule has 1 aromatic carbocycles. The zero-order valence-electron chi connectivity index (χ0n) is 13.7. The van der Waals surface area contributed by atoms with Gasteiger partial charge in [0.15, 0.2) is 0 Å². The standard InChI is InChI=1S/C17H20N4O2/c1-9(2)19-15-6-5-12(8-14(15)18)17-20-16(21-23-17)13-7-10(3)22-11(13)4/h5-9,19H,18H2,1-4H3. The third kappa shape index (κ3) is 3.06. The Bertz CT molecular complexity index is 833. The van der Waals surface area contributed by atoms with Crippen molar-refractivity contribution in [2.24, 2.45) is 0 Å². The second-order valence-electron chi connectivity index (χ2n) is 5.85. The summed E-state index contributed by atoms with van der Waals surface area (Å²) in [5.74, 6) is 2.53. The summed E-state index contributed by atoms with van der Waals surface area (Å²) >= 11 is 0. The summed E-state index contributed by atoms with van der Waals surface area (Å²) in [4.78, 5) is 4.44. The molecule has 6 nitrogen and oxygen atoms in total. The molecule has 0 aliphatic carbocycles. The molecule has 0 fully saturated rings. The molecule has 2 heterocycles. The molecule has 0 saturated heterocycles. The average Bonchev–Trinajstić information content (AvgIpc) is 3.07. The minimum absolute atomic E-state index is 0.311. The molecule has 0 spiro atoms. The Morgan fingerprint density at radius 1 is 1.17 bits per heavy atom. The summed E-state index contributed by atoms with van der Waals surface area (Å²) in [6.07, 6.45) is 0. The lowest BCUT2D eigenvalue weighted by atomic mass is 10.1. The Hall–Kier alpha value is -2.76. The van der Waals surface area contributed by atoms with Crippen molar-refractivity contribution in [3.05, 3.63) is 35.8 Å². The van der Waals surface area contributed by atoms with Gasteiger partial charge in [-0.1, -0.05) is 5.16 Å². The first kappa shape index (κ1) is 15.1. The molecule has 2 aromatic heterocycles. The molecule has 0 unspecified atom stereocenters. The van der Waals surface area contributed by atoms with Gasteiger partial charge in [-0.2, -0.15) is 4.98 Å². The van der Waals surface area contributed by atoms with Crippen molar-refractivity contribution >= 4 is 11.4 Å². The van der Waals surface area contributed by atoms with Crippen molar-refractivity contribution in [2.75, 3.05) is 11.1 Å². The van der Waals surface area contributed by atoms with Crippen molar-refractivity contribution in [1.29, 1.82) is 0 Å². The van der Waals surface area contributed by atoms with Gasteiger partial charge in [-0.05, 0) is 52.0 Å². The van der Waals surface area contributed by atoms with Crippen LogP contribution in [0.5, 0.6) is 0 Å². The highest BCUT2D eigenvalue weighted by Crippen LogP contribution is 2.29. The van der Waals surface area contributed by atoms with Crippen LogP contribution in [0.3, 0.4) is 0 Å². The van der Waals surface area contributed by atoms with E-state index in [4.69, 9.17) is 14.7 Å². The van der Waals surface area contributed by atoms with Crippen LogP contribution in [0.1, 0.15) is 25.4 Å². The first-order valence-corrected chi connectivity index (χ1v) is 7.51. The maximum Gasteiger partial charge on any atom is 0.258 e. The zero-order valence-corrected chi connectivity index (χ0v) is 13.7. The van der Waals surface area contributed by atoms with Gasteiger partial charge in [0.25, 0.3) is 5.89 Å². The van der Waals surface area contributed by atoms with E-state index in [-0.39, 0.29) is 0 Å². The van der Waals surface area contributed by atoms with Gasteiger partial charge in [0.05, 0.1) is 16.9 Å². The molecule has 3 aromatic rings. The highest BCUT2D eigenvalue weighted by atomic mass is 16.5. The molecule has 0 atom stereocenters. The van der Waals surface area contributed by atoms with Crippen LogP contribution in [0.15, 0.2) is 33.2 Å². The lowest BCUT2D eigenvalue weighted by Crippen LogP contribution is -2.11. The molecule has 120 valence electrons. The second-order valence-corrected chi connectivity index (χ2v) is 5.85. The molecule has 0 radical (unpaired) electrons. The van der Waals surface area contributed by atoms with E-state index < -0.39 is 0 Å². The second kappa shape index (κ2) is 5.79. The predicted octanol–water partition coefficient (Wildman–Crippen LogP) is 4.02. The fourth-order valence-corrected chi connectivity index (χ4v) is 2.44. The number of rotatable bonds is 4. The monoisotopic (exact) mass is 312 g/mol. The summed E-state index contributed by atoms with van der Waals surface area (Å²) in [6, 6.07) is 7.86. The van der Waals surface area contributed by atoms with E-state index in [0.717, 1.165) is 28.3 Å². The van der Waals surface area contributed by atoms with E-state index in [2.05, 4.69) is 29.3 Å². The van der Waals surface area contributed by atoms with E-state index >= 15 is 0 Å². The van der Waals surface area contributed by atoms with Crippen LogP contribution in [-0.4, -0.2) is 16.2 Å². The maximum absolute atomic E-state index is 6.09. The molecule has 0 bridgehead atoms. The van der Waals surface area contributed by atoms with Crippen molar-refractivity contribution in [2.45, 2.75) is 33.7 Å². The predicted molar refractivity (Wildman–Crippen MR) is 90.1 cm³/mol. The number of hydrogen-bond donors (Lipinski definition) is 2. The number of aromatic nitrogens is 2. The number of aryl methyl sites for hydroxylation is 2. The van der Waals surface area contributed by atoms with E-state index in [1.807, 2.05) is 38.1 Å². The summed E-state index contributed by atoms with van der Waals surface area (Å²) in [7, 11) is 0. The summed E-state index contributed by atoms with van der Waals surface area (Å²) in [6.45, 7) is 7.89. The lowest BCUT2D eigenvalue weighted by Gasteiger charge is -2.12. The van der Waals surface area contributed by atoms with Gasteiger partial charge in [-0.3, -0.25) is 0 Å². The van der Waals surface area contributed by atoms with Gasteiger partial charge in [0.2, 0.25) is 5.82 Å². The summed E-state index contributed by atoms with van der Waals surface area (Å²) in [5, 5.41) is 7.32. The van der Waals surface area contributed by atoms with Crippen molar-refractivity contribution in [1.82, 2.24) is 10.1 Å². The Labute approximate surface area is 134 Å². The maximum atomic E-state index is 6.09. The number of furan rings is 1. The molecular formula is C17H20N4O2. The first-order chi connectivity index (χ1) is 10.9. The largest absolute Gasteiger partial charge is 0.466 e. The van der Waals surface area contributed by atoms with Gasteiger partial charge >= 0.3 is 0 Å². The fourth-order valence-electron chi connectivity index (χ4n) is 2.44. The average molecular weight is 312 g/mol. The Morgan fingerprint density at radius 3 is 2.57 bits per heavy atom. The Balaban J connectivity index is 1.91. The number of nitrogen functional groups attached to an aromatic ring is 1. The van der Waals surface area contributed by atoms with Crippen molar-refractivity contribution in [3.63, 3.8) is 0 Å². The molecule has 0 aliphatic rings. The fraction of sp³-hybridized carbons (Fsp3) is 0.294. The van der Waals surface area contributed by atoms with Crippen LogP contribution in [-0.2, 0) is 0 Å². The summed E-state index contributed by atoms with van der Waals surface area (Å²) < 4.78 is 10.9. The zero-order chi connectivity index (χ0) is 16.6. The number of benzene rings is 1. The van der Waals surface area contributed by atoms with Crippen LogP contribution in [0.4, 0.5) is 11.4 Å². The molecule has 0 saturated carbocycles. The van der Waals surface area contributed by atoms with Gasteiger partial charge in [-0.15, -0.1) is 0 Å². The number of hydrogen-bond acceptors (Lipinski definition) is 6. The third-order valence-corrected chi connectivity index (χ3v) is 3.45. The van der Waals surface area contributed by atoms with Gasteiger partial charge < -0.3 is 20.0 Å². The lowest BCUT2D eigenvalue weighted by molar-refractivity contribution is 0.432. The van der Waals surface area contributed by atoms with E-state index in [1.54, 1.807) is 0 Å². The normalized spacial score (nSPS) is 11.2. The van der Waals surface area contributed by atoms with Crippen LogP contribution in [0.2, 0.25) is 0 Å². The summed E-state index contributed by atoms with van der Waals surface area (Å²) in [5.41, 5.74) is 9.25. The minimum atomic E-state index is 0.311. The number of anilines is 2. The topological polar surface area (TPSA) is 90.1 Å². The number of nitrogens with two attached hydrogens (primary N) is 1. The van der Waals surface area contributed by atoms with Crippen LogP contribution >= 0.6 is 0 Å². The van der Waals surface area contributed by atoms with Crippen molar-refractivity contribution < 1.29 is 8.94 Å². The Morgan fingerprint density at radius 2 is 1.96 bits per heavy atom. The molecule has 3 rings (SSSR count). The Kier molecular flexibility index (Phi) is 3.82. The van der Waals surface area contributed by atoms with Crippen LogP contribution in [0, 0.1) is 13.8 Å². The van der Waals surface area contributed by atoms with E-state index in [0.29, 0.717) is 23.4 Å². The number of nitrogens with zero attached hydrogens (tertiary/aromatic N) is 2. The molecular weight excluding hydrogens is 292 g/mol.